The predicted octanol–water partition coefficient (Wildman–Crippen LogP) is 8.92. The fourth-order valence-electron chi connectivity index (χ4n) is 6.83. The highest BCUT2D eigenvalue weighted by Crippen LogP contribution is 2.50. The zero-order valence-corrected chi connectivity index (χ0v) is 29.9. The highest BCUT2D eigenvalue weighted by atomic mass is 16.2. The summed E-state index contributed by atoms with van der Waals surface area (Å²) >= 11 is 0. The van der Waals surface area contributed by atoms with Crippen LogP contribution in [-0.2, 0) is 9.59 Å². The molecule has 2 saturated carbocycles. The van der Waals surface area contributed by atoms with Crippen molar-refractivity contribution in [3.05, 3.63) is 72.6 Å². The number of aromatic amines is 2. The van der Waals surface area contributed by atoms with E-state index in [0.717, 1.165) is 71.0 Å². The average molecular weight is 649 g/mol. The minimum atomic E-state index is -0.467. The number of carbonyl (C=O) groups excluding carboxylic acids is 2. The molecule has 6 rings (SSSR count). The summed E-state index contributed by atoms with van der Waals surface area (Å²) in [6.45, 7) is 16.2. The largest absolute Gasteiger partial charge is 0.345 e. The number of imidazole rings is 2. The fourth-order valence-corrected chi connectivity index (χ4v) is 6.83. The van der Waals surface area contributed by atoms with Gasteiger partial charge in [0.15, 0.2) is 0 Å². The van der Waals surface area contributed by atoms with E-state index in [9.17, 15) is 9.59 Å². The zero-order valence-electron chi connectivity index (χ0n) is 29.9. The lowest BCUT2D eigenvalue weighted by Crippen LogP contribution is -2.47. The molecule has 0 saturated heterocycles. The van der Waals surface area contributed by atoms with Gasteiger partial charge in [-0.05, 0) is 58.8 Å². The van der Waals surface area contributed by atoms with Crippen LogP contribution in [0.25, 0.3) is 33.6 Å². The Labute approximate surface area is 285 Å². The predicted molar refractivity (Wildman–Crippen MR) is 192 cm³/mol. The Morgan fingerprint density at radius 2 is 0.917 bits per heavy atom. The third kappa shape index (κ3) is 6.71. The summed E-state index contributed by atoms with van der Waals surface area (Å²) in [4.78, 5) is 42.5. The molecule has 0 spiro atoms. The normalized spacial score (nSPS) is 18.2. The molecule has 2 aromatic carbocycles. The van der Waals surface area contributed by atoms with Gasteiger partial charge in [-0.3, -0.25) is 9.59 Å². The van der Waals surface area contributed by atoms with Crippen molar-refractivity contribution in [2.75, 3.05) is 0 Å². The molecular weight excluding hydrogens is 596 g/mol. The van der Waals surface area contributed by atoms with E-state index in [1.807, 2.05) is 53.9 Å². The van der Waals surface area contributed by atoms with Gasteiger partial charge in [-0.15, -0.1) is 0 Å². The van der Waals surface area contributed by atoms with Crippen LogP contribution in [-0.4, -0.2) is 31.8 Å². The molecule has 0 radical (unpaired) electrons. The first kappa shape index (κ1) is 33.7. The second-order valence-corrected chi connectivity index (χ2v) is 16.8. The smallest absolute Gasteiger partial charge is 0.225 e. The molecule has 0 bridgehead atoms. The third-order valence-electron chi connectivity index (χ3n) is 10.8. The molecule has 48 heavy (non-hydrogen) atoms. The summed E-state index contributed by atoms with van der Waals surface area (Å²) in [7, 11) is 0. The number of hydrogen-bond donors (Lipinski definition) is 4. The number of nitrogens with one attached hydrogen (secondary N) is 4. The van der Waals surface area contributed by atoms with Gasteiger partial charge < -0.3 is 20.6 Å². The summed E-state index contributed by atoms with van der Waals surface area (Å²) in [6, 6.07) is 16.7. The minimum Gasteiger partial charge on any atom is -0.345 e. The van der Waals surface area contributed by atoms with Crippen molar-refractivity contribution in [1.82, 2.24) is 30.6 Å². The van der Waals surface area contributed by atoms with E-state index in [0.29, 0.717) is 0 Å². The minimum absolute atomic E-state index is 0.00244. The second kappa shape index (κ2) is 12.4. The highest BCUT2D eigenvalue weighted by molar-refractivity contribution is 5.82. The number of aromatic nitrogens is 4. The summed E-state index contributed by atoms with van der Waals surface area (Å²) in [6.07, 6.45) is 10.4. The van der Waals surface area contributed by atoms with Crippen LogP contribution in [0.4, 0.5) is 0 Å². The fraction of sp³-hybridized carbons (Fsp3) is 0.500. The number of rotatable bonds is 9. The first-order valence-corrected chi connectivity index (χ1v) is 17.5. The Morgan fingerprint density at radius 3 is 1.19 bits per heavy atom. The maximum atomic E-state index is 13.0. The number of amides is 2. The van der Waals surface area contributed by atoms with E-state index in [2.05, 4.69) is 83.0 Å². The van der Waals surface area contributed by atoms with Gasteiger partial charge in [-0.2, -0.15) is 0 Å². The van der Waals surface area contributed by atoms with Crippen molar-refractivity contribution in [1.29, 1.82) is 0 Å². The number of carbonyl (C=O) groups is 2. The van der Waals surface area contributed by atoms with Gasteiger partial charge in [0.25, 0.3) is 0 Å². The molecule has 4 N–H and O–H groups in total. The molecule has 254 valence electrons. The van der Waals surface area contributed by atoms with Gasteiger partial charge in [0.1, 0.15) is 11.6 Å². The molecule has 2 amide bonds. The average Bonchev–Trinajstić information content (AvgIpc) is 3.70. The summed E-state index contributed by atoms with van der Waals surface area (Å²) in [5, 5.41) is 6.61. The van der Waals surface area contributed by atoms with E-state index in [1.165, 1.54) is 12.8 Å². The third-order valence-corrected chi connectivity index (χ3v) is 10.8. The summed E-state index contributed by atoms with van der Waals surface area (Å²) < 4.78 is 0. The quantitative estimate of drug-likeness (QED) is 0.145. The van der Waals surface area contributed by atoms with Gasteiger partial charge in [-0.25, -0.2) is 9.97 Å². The van der Waals surface area contributed by atoms with Crippen molar-refractivity contribution in [2.45, 2.75) is 106 Å². The summed E-state index contributed by atoms with van der Waals surface area (Å²) in [5.74, 6) is 1.71. The molecule has 2 aliphatic carbocycles. The lowest BCUT2D eigenvalue weighted by molar-refractivity contribution is -0.131. The van der Waals surface area contributed by atoms with E-state index < -0.39 is 10.8 Å². The van der Waals surface area contributed by atoms with Crippen LogP contribution in [0.5, 0.6) is 0 Å². The van der Waals surface area contributed by atoms with Gasteiger partial charge in [0.05, 0.1) is 35.9 Å². The van der Waals surface area contributed by atoms with Crippen LogP contribution in [0.1, 0.15) is 118 Å². The van der Waals surface area contributed by atoms with Crippen LogP contribution in [0, 0.1) is 21.7 Å². The Hall–Kier alpha value is -4.20. The number of benzene rings is 2. The van der Waals surface area contributed by atoms with Gasteiger partial charge in [-0.1, -0.05) is 117 Å². The van der Waals surface area contributed by atoms with Crippen molar-refractivity contribution in [3.63, 3.8) is 0 Å². The molecule has 2 aliphatic rings. The molecule has 8 heteroatoms. The SMILES string of the molecule is CC(C)(C)C(=O)NC(c1ncc(-c2ccc(-c3ccc(-c4cnc([C@@H](NC(=O)C(C)(C)C)C5(C)CCC5)[nH]4)cc3)cc2)[nH]1)C1(C)CCC1. The highest BCUT2D eigenvalue weighted by Gasteiger charge is 2.45. The van der Waals surface area contributed by atoms with E-state index in [-0.39, 0.29) is 34.7 Å². The van der Waals surface area contributed by atoms with E-state index in [4.69, 9.17) is 9.97 Å². The van der Waals surface area contributed by atoms with Crippen LogP contribution < -0.4 is 10.6 Å². The Kier molecular flexibility index (Phi) is 8.67. The first-order valence-electron chi connectivity index (χ1n) is 17.5. The van der Waals surface area contributed by atoms with Crippen LogP contribution in [0.2, 0.25) is 0 Å². The van der Waals surface area contributed by atoms with Gasteiger partial charge in [0, 0.05) is 10.8 Å². The molecule has 2 heterocycles. The molecule has 2 atom stereocenters. The van der Waals surface area contributed by atoms with Gasteiger partial charge >= 0.3 is 0 Å². The standard InChI is InChI=1S/C40H52N6O2/c1-37(2,3)35(47)45-31(39(7)19-9-20-39)33-41-23-29(43-33)27-15-11-25(12-16-27)26-13-17-28(18-14-26)30-24-42-34(44-30)32(40(8)21-10-22-40)46-36(48)38(4,5)6/h11-18,23-24,31-32H,9-10,19-22H2,1-8H3,(H,41,43)(H,42,44)(H,45,47)(H,46,48)/t31-,32?/m1/s1. The maximum Gasteiger partial charge on any atom is 0.225 e. The first-order chi connectivity index (χ1) is 22.6. The van der Waals surface area contributed by atoms with Crippen molar-refractivity contribution in [3.8, 4) is 33.6 Å². The lowest BCUT2D eigenvalue weighted by Gasteiger charge is -2.45. The topological polar surface area (TPSA) is 116 Å². The molecule has 0 aliphatic heterocycles. The van der Waals surface area contributed by atoms with Crippen LogP contribution in [0.15, 0.2) is 60.9 Å². The molecular formula is C40H52N6O2. The van der Waals surface area contributed by atoms with Crippen molar-refractivity contribution in [2.24, 2.45) is 21.7 Å². The lowest BCUT2D eigenvalue weighted by atomic mass is 9.65. The zero-order chi connectivity index (χ0) is 34.5. The molecule has 2 fully saturated rings. The summed E-state index contributed by atoms with van der Waals surface area (Å²) in [5.41, 5.74) is 5.28. The van der Waals surface area contributed by atoms with Crippen molar-refractivity contribution >= 4 is 11.8 Å². The second-order valence-electron chi connectivity index (χ2n) is 16.8. The number of nitrogens with zero attached hydrogens (tertiary/aromatic N) is 2. The number of hydrogen-bond acceptors (Lipinski definition) is 4. The Morgan fingerprint density at radius 1 is 0.604 bits per heavy atom. The van der Waals surface area contributed by atoms with Gasteiger partial charge in [0.2, 0.25) is 11.8 Å². The van der Waals surface area contributed by atoms with Crippen molar-refractivity contribution < 1.29 is 9.59 Å². The monoisotopic (exact) mass is 648 g/mol. The Bertz CT molecular complexity index is 1630. The maximum absolute atomic E-state index is 13.0. The number of H-pyrrole nitrogens is 2. The van der Waals surface area contributed by atoms with Crippen LogP contribution in [0.3, 0.4) is 0 Å². The molecule has 4 aromatic rings. The molecule has 8 nitrogen and oxygen atoms in total. The molecule has 1 unspecified atom stereocenters. The van der Waals surface area contributed by atoms with Crippen LogP contribution >= 0.6 is 0 Å². The Balaban J connectivity index is 1.16. The van der Waals surface area contributed by atoms with E-state index >= 15 is 0 Å². The van der Waals surface area contributed by atoms with E-state index in [1.54, 1.807) is 0 Å². The molecule has 2 aromatic heterocycles.